The summed E-state index contributed by atoms with van der Waals surface area (Å²) in [6.07, 6.45) is 6.83. The maximum absolute atomic E-state index is 11.9. The zero-order chi connectivity index (χ0) is 13.5. The van der Waals surface area contributed by atoms with E-state index in [1.54, 1.807) is 0 Å². The molecule has 0 unspecified atom stereocenters. The van der Waals surface area contributed by atoms with E-state index in [4.69, 9.17) is 5.11 Å². The minimum atomic E-state index is -1.03. The van der Waals surface area contributed by atoms with Gasteiger partial charge in [0.05, 0.1) is 11.7 Å². The van der Waals surface area contributed by atoms with E-state index in [-0.39, 0.29) is 11.6 Å². The molecule has 3 N–H and O–H groups in total. The van der Waals surface area contributed by atoms with Crippen molar-refractivity contribution in [2.75, 3.05) is 0 Å². The Kier molecular flexibility index (Phi) is 2.80. The summed E-state index contributed by atoms with van der Waals surface area (Å²) >= 11 is 0. The number of carbonyl (C=O) groups is 2. The fourth-order valence-electron chi connectivity index (χ4n) is 2.53. The first-order chi connectivity index (χ1) is 9.09. The van der Waals surface area contributed by atoms with Crippen molar-refractivity contribution in [2.24, 2.45) is 5.92 Å². The number of nitrogens with zero attached hydrogens (tertiary/aromatic N) is 1. The van der Waals surface area contributed by atoms with Gasteiger partial charge in [0.25, 0.3) is 0 Å². The van der Waals surface area contributed by atoms with Gasteiger partial charge in [0.1, 0.15) is 11.5 Å². The summed E-state index contributed by atoms with van der Waals surface area (Å²) in [5.74, 6) is 0.136. The number of aromatic carboxylic acids is 1. The van der Waals surface area contributed by atoms with Gasteiger partial charge in [-0.1, -0.05) is 0 Å². The maximum atomic E-state index is 11.9. The molecule has 0 atom stereocenters. The van der Waals surface area contributed by atoms with Gasteiger partial charge in [0.2, 0.25) is 5.91 Å². The number of amides is 1. The molecule has 6 heteroatoms. The molecule has 1 aromatic rings. The van der Waals surface area contributed by atoms with E-state index in [1.807, 2.05) is 0 Å². The van der Waals surface area contributed by atoms with Crippen LogP contribution in [0.5, 0.6) is 0 Å². The minimum absolute atomic E-state index is 0.0514. The molecule has 2 aliphatic carbocycles. The van der Waals surface area contributed by atoms with E-state index in [0.29, 0.717) is 18.2 Å². The lowest BCUT2D eigenvalue weighted by Gasteiger charge is -2.40. The van der Waals surface area contributed by atoms with E-state index in [9.17, 15) is 9.59 Å². The second kappa shape index (κ2) is 4.36. The van der Waals surface area contributed by atoms with Gasteiger partial charge in [-0.05, 0) is 38.0 Å². The molecular weight excluding hydrogens is 246 g/mol. The Labute approximate surface area is 110 Å². The lowest BCUT2D eigenvalue weighted by Crippen LogP contribution is -2.51. The van der Waals surface area contributed by atoms with Crippen LogP contribution in [0, 0.1) is 5.92 Å². The zero-order valence-corrected chi connectivity index (χ0v) is 10.6. The largest absolute Gasteiger partial charge is 0.477 e. The van der Waals surface area contributed by atoms with E-state index < -0.39 is 11.5 Å². The Hall–Kier alpha value is -1.85. The van der Waals surface area contributed by atoms with Crippen LogP contribution in [0.3, 0.4) is 0 Å². The fourth-order valence-corrected chi connectivity index (χ4v) is 2.53. The van der Waals surface area contributed by atoms with Gasteiger partial charge in [-0.3, -0.25) is 4.79 Å². The maximum Gasteiger partial charge on any atom is 0.353 e. The molecule has 0 aliphatic heterocycles. The average Bonchev–Trinajstić information content (AvgIpc) is 2.96. The number of hydrogen-bond donors (Lipinski definition) is 3. The Bertz CT molecular complexity index is 515. The van der Waals surface area contributed by atoms with Crippen molar-refractivity contribution in [3.05, 3.63) is 17.7 Å². The van der Waals surface area contributed by atoms with Crippen molar-refractivity contribution >= 4 is 11.9 Å². The first kappa shape index (κ1) is 12.2. The smallest absolute Gasteiger partial charge is 0.353 e. The van der Waals surface area contributed by atoms with Gasteiger partial charge in [-0.2, -0.15) is 0 Å². The van der Waals surface area contributed by atoms with Gasteiger partial charge in [-0.15, -0.1) is 0 Å². The number of carbonyl (C=O) groups excluding carboxylic acids is 1. The average molecular weight is 263 g/mol. The molecule has 2 fully saturated rings. The Morgan fingerprint density at radius 2 is 2.21 bits per heavy atom. The number of rotatable bonds is 5. The highest BCUT2D eigenvalue weighted by Gasteiger charge is 2.43. The summed E-state index contributed by atoms with van der Waals surface area (Å²) in [7, 11) is 0. The first-order valence-corrected chi connectivity index (χ1v) is 6.69. The van der Waals surface area contributed by atoms with Crippen molar-refractivity contribution in [3.8, 4) is 0 Å². The van der Waals surface area contributed by atoms with E-state index in [2.05, 4.69) is 15.3 Å². The highest BCUT2D eigenvalue weighted by molar-refractivity contribution is 5.85. The number of H-pyrrole nitrogens is 1. The molecule has 0 aromatic carbocycles. The topological polar surface area (TPSA) is 95.1 Å². The third kappa shape index (κ3) is 2.34. The molecule has 0 bridgehead atoms. The van der Waals surface area contributed by atoms with Crippen LogP contribution in [0.1, 0.15) is 54.8 Å². The highest BCUT2D eigenvalue weighted by Crippen LogP contribution is 2.40. The third-order valence-corrected chi connectivity index (χ3v) is 4.02. The predicted octanol–water partition coefficient (Wildman–Crippen LogP) is 1.40. The summed E-state index contributed by atoms with van der Waals surface area (Å²) in [5.41, 5.74) is -0.405. The van der Waals surface area contributed by atoms with E-state index >= 15 is 0 Å². The van der Waals surface area contributed by atoms with Crippen molar-refractivity contribution in [1.29, 1.82) is 0 Å². The second-order valence-electron chi connectivity index (χ2n) is 5.58. The minimum Gasteiger partial charge on any atom is -0.477 e. The molecule has 0 radical (unpaired) electrons. The molecule has 102 valence electrons. The molecule has 1 aromatic heterocycles. The summed E-state index contributed by atoms with van der Waals surface area (Å²) in [4.78, 5) is 29.7. The number of nitrogens with one attached hydrogen (secondary N) is 2. The van der Waals surface area contributed by atoms with Crippen LogP contribution in [-0.2, 0) is 10.3 Å². The zero-order valence-electron chi connectivity index (χ0n) is 10.6. The summed E-state index contributed by atoms with van der Waals surface area (Å²) in [5, 5.41) is 11.9. The van der Waals surface area contributed by atoms with Crippen LogP contribution < -0.4 is 5.32 Å². The van der Waals surface area contributed by atoms with Gasteiger partial charge in [0.15, 0.2) is 0 Å². The van der Waals surface area contributed by atoms with Crippen molar-refractivity contribution in [1.82, 2.24) is 15.3 Å². The monoisotopic (exact) mass is 263 g/mol. The van der Waals surface area contributed by atoms with Gasteiger partial charge in [0, 0.05) is 6.42 Å². The number of carboxylic acids is 1. The lowest BCUT2D eigenvalue weighted by molar-refractivity contribution is -0.124. The first-order valence-electron chi connectivity index (χ1n) is 6.69. The quantitative estimate of drug-likeness (QED) is 0.748. The molecular formula is C13H17N3O3. The van der Waals surface area contributed by atoms with Gasteiger partial charge >= 0.3 is 5.97 Å². The van der Waals surface area contributed by atoms with Crippen molar-refractivity contribution in [2.45, 2.75) is 44.1 Å². The molecule has 0 spiro atoms. The number of aromatic amines is 1. The lowest BCUT2D eigenvalue weighted by atomic mass is 9.76. The van der Waals surface area contributed by atoms with E-state index in [0.717, 1.165) is 32.1 Å². The molecule has 3 rings (SSSR count). The molecule has 19 heavy (non-hydrogen) atoms. The van der Waals surface area contributed by atoms with E-state index in [1.165, 1.54) is 6.20 Å². The number of hydrogen-bond acceptors (Lipinski definition) is 3. The van der Waals surface area contributed by atoms with Crippen LogP contribution in [0.25, 0.3) is 0 Å². The SMILES string of the molecule is O=C(CC1CC1)NC1(c2ncc(C(=O)O)[nH]2)CCC1. The second-order valence-corrected chi connectivity index (χ2v) is 5.58. The Morgan fingerprint density at radius 1 is 1.47 bits per heavy atom. The van der Waals surface area contributed by atoms with Crippen LogP contribution >= 0.6 is 0 Å². The predicted molar refractivity (Wildman–Crippen MR) is 66.6 cm³/mol. The standard InChI is InChI=1S/C13H17N3O3/c17-10(6-8-2-3-8)16-13(4-1-5-13)12-14-7-9(15-12)11(18)19/h7-8H,1-6H2,(H,14,15)(H,16,17)(H,18,19). The summed E-state index contributed by atoms with van der Waals surface area (Å²) < 4.78 is 0. The van der Waals surface area contributed by atoms with Crippen molar-refractivity contribution in [3.63, 3.8) is 0 Å². The summed E-state index contributed by atoms with van der Waals surface area (Å²) in [6.45, 7) is 0. The molecule has 2 saturated carbocycles. The normalized spacial score (nSPS) is 20.6. The molecule has 0 saturated heterocycles. The van der Waals surface area contributed by atoms with Crippen LogP contribution in [0.2, 0.25) is 0 Å². The fraction of sp³-hybridized carbons (Fsp3) is 0.615. The number of carboxylic acid groups (broad SMARTS) is 1. The third-order valence-electron chi connectivity index (χ3n) is 4.02. The highest BCUT2D eigenvalue weighted by atomic mass is 16.4. The molecule has 6 nitrogen and oxygen atoms in total. The van der Waals surface area contributed by atoms with Crippen molar-refractivity contribution < 1.29 is 14.7 Å². The van der Waals surface area contributed by atoms with Gasteiger partial charge in [-0.25, -0.2) is 9.78 Å². The van der Waals surface area contributed by atoms with Crippen LogP contribution in [0.4, 0.5) is 0 Å². The van der Waals surface area contributed by atoms with Crippen LogP contribution in [-0.4, -0.2) is 27.0 Å². The van der Waals surface area contributed by atoms with Gasteiger partial charge < -0.3 is 15.4 Å². The molecule has 1 amide bonds. The summed E-state index contributed by atoms with van der Waals surface area (Å²) in [6, 6.07) is 0. The number of imidazole rings is 1. The number of aromatic nitrogens is 2. The molecule has 1 heterocycles. The Morgan fingerprint density at radius 3 is 2.68 bits per heavy atom. The Balaban J connectivity index is 1.73. The molecule has 2 aliphatic rings. The van der Waals surface area contributed by atoms with Crippen LogP contribution in [0.15, 0.2) is 6.20 Å².